The van der Waals surface area contributed by atoms with Gasteiger partial charge in [-0.25, -0.2) is 4.79 Å². The number of nitrogens with one attached hydrogen (secondary N) is 1. The number of aliphatic carboxylic acids is 1. The summed E-state index contributed by atoms with van der Waals surface area (Å²) in [6.07, 6.45) is 2.33. The Bertz CT molecular complexity index is 465. The summed E-state index contributed by atoms with van der Waals surface area (Å²) in [5, 5.41) is 11.6. The highest BCUT2D eigenvalue weighted by Crippen LogP contribution is 2.21. The van der Waals surface area contributed by atoms with Gasteiger partial charge in [-0.3, -0.25) is 4.79 Å². The van der Waals surface area contributed by atoms with E-state index in [1.807, 2.05) is 30.5 Å². The van der Waals surface area contributed by atoms with Crippen LogP contribution in [0.1, 0.15) is 6.42 Å². The summed E-state index contributed by atoms with van der Waals surface area (Å²) in [5.41, 5.74) is 0. The van der Waals surface area contributed by atoms with Crippen LogP contribution < -0.4 is 10.1 Å². The number of methoxy groups -OCH3 is 1. The zero-order valence-electron chi connectivity index (χ0n) is 12.0. The molecule has 1 aromatic carbocycles. The van der Waals surface area contributed by atoms with Crippen LogP contribution in [0.2, 0.25) is 0 Å². The van der Waals surface area contributed by atoms with E-state index in [0.717, 1.165) is 10.6 Å². The molecule has 0 saturated carbocycles. The number of carboxylic acids is 1. The largest absolute Gasteiger partial charge is 0.497 e. The molecule has 1 aromatic rings. The zero-order chi connectivity index (χ0) is 15.7. The van der Waals surface area contributed by atoms with Gasteiger partial charge in [-0.05, 0) is 42.7 Å². The van der Waals surface area contributed by atoms with Crippen molar-refractivity contribution in [2.75, 3.05) is 24.9 Å². The lowest BCUT2D eigenvalue weighted by Crippen LogP contribution is -2.42. The van der Waals surface area contributed by atoms with Crippen LogP contribution >= 0.6 is 23.5 Å². The third-order valence-electron chi connectivity index (χ3n) is 2.67. The van der Waals surface area contributed by atoms with Crippen LogP contribution in [0.3, 0.4) is 0 Å². The van der Waals surface area contributed by atoms with Gasteiger partial charge in [0, 0.05) is 4.90 Å². The minimum atomic E-state index is -0.994. The van der Waals surface area contributed by atoms with Crippen molar-refractivity contribution in [2.45, 2.75) is 17.4 Å². The SMILES string of the molecule is COc1ccc(SCC(=O)N[C@@H](CCSC)C(=O)O)cc1. The van der Waals surface area contributed by atoms with Crippen LogP contribution in [0.4, 0.5) is 0 Å². The molecule has 2 N–H and O–H groups in total. The van der Waals surface area contributed by atoms with Crippen molar-refractivity contribution in [3.8, 4) is 5.75 Å². The van der Waals surface area contributed by atoms with Crippen molar-refractivity contribution in [3.63, 3.8) is 0 Å². The summed E-state index contributed by atoms with van der Waals surface area (Å²) in [7, 11) is 1.59. The molecule has 0 fully saturated rings. The molecule has 116 valence electrons. The second-order valence-electron chi connectivity index (χ2n) is 4.20. The van der Waals surface area contributed by atoms with Crippen molar-refractivity contribution in [1.82, 2.24) is 5.32 Å². The monoisotopic (exact) mass is 329 g/mol. The molecule has 0 radical (unpaired) electrons. The molecule has 5 nitrogen and oxygen atoms in total. The van der Waals surface area contributed by atoms with E-state index in [4.69, 9.17) is 9.84 Å². The Hall–Kier alpha value is -1.34. The number of thioether (sulfide) groups is 2. The number of carboxylic acid groups (broad SMARTS) is 1. The van der Waals surface area contributed by atoms with E-state index in [1.54, 1.807) is 18.9 Å². The van der Waals surface area contributed by atoms with Crippen LogP contribution in [0.5, 0.6) is 5.75 Å². The van der Waals surface area contributed by atoms with Gasteiger partial charge < -0.3 is 15.2 Å². The van der Waals surface area contributed by atoms with Gasteiger partial charge >= 0.3 is 5.97 Å². The Morgan fingerprint density at radius 1 is 1.33 bits per heavy atom. The van der Waals surface area contributed by atoms with Crippen LogP contribution in [-0.2, 0) is 9.59 Å². The highest BCUT2D eigenvalue weighted by Gasteiger charge is 2.19. The average Bonchev–Trinajstić information content (AvgIpc) is 2.49. The summed E-state index contributed by atoms with van der Waals surface area (Å²) in [6.45, 7) is 0. The van der Waals surface area contributed by atoms with E-state index in [2.05, 4.69) is 5.32 Å². The molecule has 0 bridgehead atoms. The number of carbonyl (C=O) groups is 2. The summed E-state index contributed by atoms with van der Waals surface area (Å²) >= 11 is 2.92. The fraction of sp³-hybridized carbons (Fsp3) is 0.429. The molecule has 0 saturated heterocycles. The number of benzene rings is 1. The number of rotatable bonds is 9. The van der Waals surface area contributed by atoms with E-state index in [9.17, 15) is 9.59 Å². The van der Waals surface area contributed by atoms with Gasteiger partial charge in [0.2, 0.25) is 5.91 Å². The van der Waals surface area contributed by atoms with E-state index in [0.29, 0.717) is 12.2 Å². The van der Waals surface area contributed by atoms with Crippen LogP contribution in [0, 0.1) is 0 Å². The van der Waals surface area contributed by atoms with Gasteiger partial charge in [-0.1, -0.05) is 0 Å². The predicted octanol–water partition coefficient (Wildman–Crippen LogP) is 2.11. The van der Waals surface area contributed by atoms with Gasteiger partial charge in [0.05, 0.1) is 12.9 Å². The van der Waals surface area contributed by atoms with Crippen molar-refractivity contribution < 1.29 is 19.4 Å². The molecule has 1 atom stereocenters. The van der Waals surface area contributed by atoms with Gasteiger partial charge in [0.1, 0.15) is 11.8 Å². The first-order valence-electron chi connectivity index (χ1n) is 6.34. The summed E-state index contributed by atoms with van der Waals surface area (Å²) < 4.78 is 5.06. The molecule has 21 heavy (non-hydrogen) atoms. The standard InChI is InChI=1S/C14H19NO4S2/c1-19-10-3-5-11(6-4-10)21-9-13(16)15-12(14(17)18)7-8-20-2/h3-6,12H,7-9H2,1-2H3,(H,15,16)(H,17,18)/t12-/m0/s1. The highest BCUT2D eigenvalue weighted by atomic mass is 32.2. The molecule has 0 spiro atoms. The predicted molar refractivity (Wildman–Crippen MR) is 86.3 cm³/mol. The lowest BCUT2D eigenvalue weighted by Gasteiger charge is -2.13. The Labute approximate surface area is 132 Å². The molecule has 0 aromatic heterocycles. The first kappa shape index (κ1) is 17.7. The Morgan fingerprint density at radius 2 is 2.00 bits per heavy atom. The number of hydrogen-bond acceptors (Lipinski definition) is 5. The number of carbonyl (C=O) groups excluding carboxylic acids is 1. The van der Waals surface area contributed by atoms with E-state index >= 15 is 0 Å². The first-order valence-corrected chi connectivity index (χ1v) is 8.72. The molecule has 0 unspecified atom stereocenters. The third kappa shape index (κ3) is 6.77. The van der Waals surface area contributed by atoms with Gasteiger partial charge in [-0.15, -0.1) is 11.8 Å². The summed E-state index contributed by atoms with van der Waals surface area (Å²) in [4.78, 5) is 23.8. The lowest BCUT2D eigenvalue weighted by atomic mass is 10.2. The van der Waals surface area contributed by atoms with Gasteiger partial charge in [0.15, 0.2) is 0 Å². The molecule has 0 aliphatic rings. The van der Waals surface area contributed by atoms with Crippen molar-refractivity contribution in [3.05, 3.63) is 24.3 Å². The van der Waals surface area contributed by atoms with Gasteiger partial charge in [0.25, 0.3) is 0 Å². The second kappa shape index (κ2) is 9.57. The fourth-order valence-corrected chi connectivity index (χ4v) is 2.73. The minimum Gasteiger partial charge on any atom is -0.497 e. The van der Waals surface area contributed by atoms with Crippen LogP contribution in [-0.4, -0.2) is 47.9 Å². The van der Waals surface area contributed by atoms with Crippen molar-refractivity contribution >= 4 is 35.4 Å². The maximum Gasteiger partial charge on any atom is 0.326 e. The summed E-state index contributed by atoms with van der Waals surface area (Å²) in [6, 6.07) is 6.54. The number of hydrogen-bond donors (Lipinski definition) is 2. The van der Waals surface area contributed by atoms with E-state index in [1.165, 1.54) is 11.8 Å². The molecule has 0 heterocycles. The maximum atomic E-state index is 11.8. The second-order valence-corrected chi connectivity index (χ2v) is 6.24. The molecule has 0 aliphatic carbocycles. The third-order valence-corrected chi connectivity index (χ3v) is 4.33. The zero-order valence-corrected chi connectivity index (χ0v) is 13.6. The van der Waals surface area contributed by atoms with E-state index in [-0.39, 0.29) is 11.7 Å². The summed E-state index contributed by atoms with van der Waals surface area (Å²) in [5.74, 6) is 0.376. The smallest absolute Gasteiger partial charge is 0.326 e. The van der Waals surface area contributed by atoms with Crippen molar-refractivity contribution in [1.29, 1.82) is 0 Å². The molecule has 1 rings (SSSR count). The molecular formula is C14H19NO4S2. The average molecular weight is 329 g/mol. The van der Waals surface area contributed by atoms with Gasteiger partial charge in [-0.2, -0.15) is 11.8 Å². The molecule has 0 aliphatic heterocycles. The first-order chi connectivity index (χ1) is 10.1. The quantitative estimate of drug-likeness (QED) is 0.676. The molecular weight excluding hydrogens is 310 g/mol. The maximum absolute atomic E-state index is 11.8. The minimum absolute atomic E-state index is 0.190. The van der Waals surface area contributed by atoms with Crippen molar-refractivity contribution in [2.24, 2.45) is 0 Å². The molecule has 7 heteroatoms. The van der Waals surface area contributed by atoms with Crippen LogP contribution in [0.15, 0.2) is 29.2 Å². The Morgan fingerprint density at radius 3 is 2.52 bits per heavy atom. The Kier molecular flexibility index (Phi) is 8.07. The van der Waals surface area contributed by atoms with E-state index < -0.39 is 12.0 Å². The number of amides is 1. The molecule has 1 amide bonds. The number of ether oxygens (including phenoxy) is 1. The fourth-order valence-electron chi connectivity index (χ4n) is 1.55. The van der Waals surface area contributed by atoms with Crippen LogP contribution in [0.25, 0.3) is 0 Å². The highest BCUT2D eigenvalue weighted by molar-refractivity contribution is 8.00. The Balaban J connectivity index is 2.42. The topological polar surface area (TPSA) is 75.6 Å². The lowest BCUT2D eigenvalue weighted by molar-refractivity contribution is -0.141. The normalized spacial score (nSPS) is 11.7.